The number of benzene rings is 1. The molecule has 82 valence electrons. The maximum atomic E-state index is 13.3. The first kappa shape index (κ1) is 10.6. The van der Waals surface area contributed by atoms with Crippen molar-refractivity contribution < 1.29 is 4.39 Å². The molecule has 16 heavy (non-hydrogen) atoms. The van der Waals surface area contributed by atoms with Crippen molar-refractivity contribution >= 4 is 5.82 Å². The summed E-state index contributed by atoms with van der Waals surface area (Å²) >= 11 is 0. The molecule has 2 nitrogen and oxygen atoms in total. The molecule has 0 saturated heterocycles. The van der Waals surface area contributed by atoms with Crippen LogP contribution in [-0.4, -0.2) is 4.98 Å². The van der Waals surface area contributed by atoms with Gasteiger partial charge in [-0.25, -0.2) is 9.37 Å². The first-order chi connectivity index (χ1) is 7.56. The molecule has 0 radical (unpaired) electrons. The van der Waals surface area contributed by atoms with E-state index in [0.717, 1.165) is 22.4 Å². The average molecular weight is 216 g/mol. The van der Waals surface area contributed by atoms with Crippen LogP contribution < -0.4 is 5.73 Å². The molecule has 0 unspecified atom stereocenters. The molecule has 1 heterocycles. The van der Waals surface area contributed by atoms with E-state index in [1.165, 1.54) is 12.1 Å². The Balaban J connectivity index is 2.58. The summed E-state index contributed by atoms with van der Waals surface area (Å²) < 4.78 is 13.3. The van der Waals surface area contributed by atoms with Gasteiger partial charge in [0.1, 0.15) is 11.6 Å². The fourth-order valence-electron chi connectivity index (χ4n) is 1.78. The lowest BCUT2D eigenvalue weighted by Gasteiger charge is -2.07. The normalized spacial score (nSPS) is 10.4. The van der Waals surface area contributed by atoms with E-state index in [1.54, 1.807) is 6.07 Å². The van der Waals surface area contributed by atoms with E-state index < -0.39 is 0 Å². The Hall–Kier alpha value is -1.90. The Morgan fingerprint density at radius 2 is 1.88 bits per heavy atom. The molecule has 0 aliphatic rings. The summed E-state index contributed by atoms with van der Waals surface area (Å²) in [4.78, 5) is 4.16. The molecule has 2 aromatic rings. The SMILES string of the molecule is Cc1cc(F)cc(-c2ccc(N)nc2C)c1. The third-order valence-corrected chi connectivity index (χ3v) is 2.46. The third-order valence-electron chi connectivity index (χ3n) is 2.46. The Labute approximate surface area is 93.9 Å². The number of nitrogen functional groups attached to an aromatic ring is 1. The van der Waals surface area contributed by atoms with Crippen molar-refractivity contribution in [2.75, 3.05) is 5.73 Å². The van der Waals surface area contributed by atoms with Crippen LogP contribution in [0.5, 0.6) is 0 Å². The molecule has 3 heteroatoms. The lowest BCUT2D eigenvalue weighted by molar-refractivity contribution is 0.627. The summed E-state index contributed by atoms with van der Waals surface area (Å²) in [7, 11) is 0. The Bertz CT molecular complexity index is 515. The number of anilines is 1. The van der Waals surface area contributed by atoms with Gasteiger partial charge in [0.25, 0.3) is 0 Å². The van der Waals surface area contributed by atoms with Gasteiger partial charge in [-0.05, 0) is 49.2 Å². The molecule has 2 rings (SSSR count). The van der Waals surface area contributed by atoms with Gasteiger partial charge >= 0.3 is 0 Å². The number of aryl methyl sites for hydroxylation is 2. The fourth-order valence-corrected chi connectivity index (χ4v) is 1.78. The highest BCUT2D eigenvalue weighted by Crippen LogP contribution is 2.24. The Morgan fingerprint density at radius 3 is 2.50 bits per heavy atom. The van der Waals surface area contributed by atoms with Gasteiger partial charge in [0, 0.05) is 11.3 Å². The number of rotatable bonds is 1. The van der Waals surface area contributed by atoms with E-state index >= 15 is 0 Å². The minimum Gasteiger partial charge on any atom is -0.384 e. The lowest BCUT2D eigenvalue weighted by Crippen LogP contribution is -1.94. The van der Waals surface area contributed by atoms with E-state index in [0.29, 0.717) is 5.82 Å². The Kier molecular flexibility index (Phi) is 2.60. The number of hydrogen-bond donors (Lipinski definition) is 1. The van der Waals surface area contributed by atoms with Gasteiger partial charge in [-0.2, -0.15) is 0 Å². The number of aromatic nitrogens is 1. The molecule has 0 aliphatic heterocycles. The molecule has 0 amide bonds. The number of hydrogen-bond acceptors (Lipinski definition) is 2. The lowest BCUT2D eigenvalue weighted by atomic mass is 10.0. The molecule has 0 fully saturated rings. The minimum absolute atomic E-state index is 0.230. The molecule has 0 atom stereocenters. The monoisotopic (exact) mass is 216 g/mol. The number of nitrogens with zero attached hydrogens (tertiary/aromatic N) is 1. The van der Waals surface area contributed by atoms with Crippen LogP contribution in [0.2, 0.25) is 0 Å². The quantitative estimate of drug-likeness (QED) is 0.795. The number of nitrogens with two attached hydrogens (primary N) is 1. The zero-order valence-corrected chi connectivity index (χ0v) is 9.29. The maximum Gasteiger partial charge on any atom is 0.124 e. The first-order valence-corrected chi connectivity index (χ1v) is 5.07. The van der Waals surface area contributed by atoms with Crippen LogP contribution in [0.4, 0.5) is 10.2 Å². The predicted octanol–water partition coefficient (Wildman–Crippen LogP) is 3.09. The van der Waals surface area contributed by atoms with Crippen LogP contribution >= 0.6 is 0 Å². The predicted molar refractivity (Wildman–Crippen MR) is 63.5 cm³/mol. The zero-order chi connectivity index (χ0) is 11.7. The standard InChI is InChI=1S/C13H13FN2/c1-8-5-10(7-11(14)6-8)12-3-4-13(15)16-9(12)2/h3-7H,1-2H3,(H2,15,16). The molecule has 1 aromatic heterocycles. The van der Waals surface area contributed by atoms with E-state index in [9.17, 15) is 4.39 Å². The van der Waals surface area contributed by atoms with Crippen molar-refractivity contribution in [1.29, 1.82) is 0 Å². The van der Waals surface area contributed by atoms with Crippen molar-refractivity contribution in [3.63, 3.8) is 0 Å². The van der Waals surface area contributed by atoms with Crippen molar-refractivity contribution in [2.24, 2.45) is 0 Å². The highest BCUT2D eigenvalue weighted by atomic mass is 19.1. The largest absolute Gasteiger partial charge is 0.384 e. The molecular weight excluding hydrogens is 203 g/mol. The second-order valence-electron chi connectivity index (χ2n) is 3.89. The summed E-state index contributed by atoms with van der Waals surface area (Å²) in [6, 6.07) is 8.54. The van der Waals surface area contributed by atoms with E-state index in [2.05, 4.69) is 4.98 Å². The average Bonchev–Trinajstić information content (AvgIpc) is 2.15. The number of pyridine rings is 1. The summed E-state index contributed by atoms with van der Waals surface area (Å²) in [6.07, 6.45) is 0. The van der Waals surface area contributed by atoms with Gasteiger partial charge < -0.3 is 5.73 Å². The third kappa shape index (κ3) is 2.03. The highest BCUT2D eigenvalue weighted by Gasteiger charge is 2.05. The fraction of sp³-hybridized carbons (Fsp3) is 0.154. The van der Waals surface area contributed by atoms with Crippen molar-refractivity contribution in [2.45, 2.75) is 13.8 Å². The van der Waals surface area contributed by atoms with Crippen LogP contribution in [0.15, 0.2) is 30.3 Å². The zero-order valence-electron chi connectivity index (χ0n) is 9.29. The Morgan fingerprint density at radius 1 is 1.12 bits per heavy atom. The van der Waals surface area contributed by atoms with Gasteiger partial charge in [0.15, 0.2) is 0 Å². The smallest absolute Gasteiger partial charge is 0.124 e. The number of halogens is 1. The van der Waals surface area contributed by atoms with Gasteiger partial charge in [-0.15, -0.1) is 0 Å². The van der Waals surface area contributed by atoms with Gasteiger partial charge in [-0.1, -0.05) is 6.07 Å². The highest BCUT2D eigenvalue weighted by molar-refractivity contribution is 5.67. The summed E-state index contributed by atoms with van der Waals surface area (Å²) in [5, 5.41) is 0. The van der Waals surface area contributed by atoms with Crippen molar-refractivity contribution in [3.8, 4) is 11.1 Å². The second-order valence-corrected chi connectivity index (χ2v) is 3.89. The molecule has 0 aliphatic carbocycles. The van der Waals surface area contributed by atoms with Crippen molar-refractivity contribution in [1.82, 2.24) is 4.98 Å². The molecule has 0 bridgehead atoms. The van der Waals surface area contributed by atoms with E-state index in [1.807, 2.05) is 26.0 Å². The van der Waals surface area contributed by atoms with Crippen molar-refractivity contribution in [3.05, 3.63) is 47.4 Å². The van der Waals surface area contributed by atoms with Crippen LogP contribution in [-0.2, 0) is 0 Å². The van der Waals surface area contributed by atoms with Crippen LogP contribution in [0.25, 0.3) is 11.1 Å². The summed E-state index contributed by atoms with van der Waals surface area (Å²) in [5.74, 6) is 0.251. The summed E-state index contributed by atoms with van der Waals surface area (Å²) in [6.45, 7) is 3.73. The van der Waals surface area contributed by atoms with Gasteiger partial charge in [-0.3, -0.25) is 0 Å². The van der Waals surface area contributed by atoms with E-state index in [4.69, 9.17) is 5.73 Å². The molecule has 0 spiro atoms. The van der Waals surface area contributed by atoms with Crippen LogP contribution in [0.1, 0.15) is 11.3 Å². The summed E-state index contributed by atoms with van der Waals surface area (Å²) in [5.41, 5.74) is 9.03. The topological polar surface area (TPSA) is 38.9 Å². The first-order valence-electron chi connectivity index (χ1n) is 5.07. The minimum atomic E-state index is -0.230. The van der Waals surface area contributed by atoms with E-state index in [-0.39, 0.29) is 5.82 Å². The molecule has 1 aromatic carbocycles. The second kappa shape index (κ2) is 3.93. The van der Waals surface area contributed by atoms with Crippen LogP contribution in [0.3, 0.4) is 0 Å². The van der Waals surface area contributed by atoms with Crippen LogP contribution in [0, 0.1) is 19.7 Å². The molecule has 2 N–H and O–H groups in total. The molecule has 0 saturated carbocycles. The maximum absolute atomic E-state index is 13.3. The van der Waals surface area contributed by atoms with Gasteiger partial charge in [0.05, 0.1) is 0 Å². The molecular formula is C13H13FN2. The van der Waals surface area contributed by atoms with Gasteiger partial charge in [0.2, 0.25) is 0 Å².